The lowest BCUT2D eigenvalue weighted by Gasteiger charge is -2.33. The molecule has 174 valence electrons. The molecular formula is C24H28N4O5. The Bertz CT molecular complexity index is 1220. The van der Waals surface area contributed by atoms with E-state index in [0.717, 1.165) is 16.7 Å². The van der Waals surface area contributed by atoms with Gasteiger partial charge in [-0.2, -0.15) is 0 Å². The molecule has 1 fully saturated rings. The van der Waals surface area contributed by atoms with E-state index in [4.69, 9.17) is 4.74 Å². The van der Waals surface area contributed by atoms with Crippen molar-refractivity contribution in [3.05, 3.63) is 53.1 Å². The summed E-state index contributed by atoms with van der Waals surface area (Å²) in [7, 11) is 0. The molecule has 1 aliphatic carbocycles. The second-order valence-corrected chi connectivity index (χ2v) is 8.79. The number of hydrogen-bond donors (Lipinski definition) is 3. The number of rotatable bonds is 4. The quantitative estimate of drug-likeness (QED) is 0.616. The summed E-state index contributed by atoms with van der Waals surface area (Å²) in [6.45, 7) is 3.64. The first-order chi connectivity index (χ1) is 15.8. The zero-order valence-electron chi connectivity index (χ0n) is 18.4. The molecule has 0 radical (unpaired) electrons. The highest BCUT2D eigenvalue weighted by Gasteiger charge is 2.50. The number of nitrogens with zero attached hydrogens (tertiary/aromatic N) is 1. The summed E-state index contributed by atoms with van der Waals surface area (Å²) in [6.07, 6.45) is 0.638. The lowest BCUT2D eigenvalue weighted by molar-refractivity contribution is -0.128. The number of carbonyl (C=O) groups is 4. The molecule has 2 aromatic carbocycles. The molecule has 0 bridgehead atoms. The first kappa shape index (κ1) is 21.0. The van der Waals surface area contributed by atoms with Crippen LogP contribution in [0.2, 0.25) is 0 Å². The molecule has 33 heavy (non-hydrogen) atoms. The Kier molecular flexibility index (Phi) is 4.84. The predicted molar refractivity (Wildman–Crippen MR) is 124 cm³/mol. The minimum absolute atomic E-state index is 0. The molecule has 3 aliphatic rings. The van der Waals surface area contributed by atoms with Crippen molar-refractivity contribution in [2.75, 3.05) is 16.8 Å². The van der Waals surface area contributed by atoms with Gasteiger partial charge in [-0.3, -0.25) is 24.6 Å². The van der Waals surface area contributed by atoms with E-state index in [1.54, 1.807) is 6.07 Å². The average Bonchev–Trinajstić information content (AvgIpc) is 3.27. The highest BCUT2D eigenvalue weighted by atomic mass is 16.5. The number of hydrogen-bond acceptors (Lipinski definition) is 5. The van der Waals surface area contributed by atoms with Gasteiger partial charge in [0.1, 0.15) is 17.8 Å². The minimum atomic E-state index is -0.959. The van der Waals surface area contributed by atoms with Gasteiger partial charge in [-0.1, -0.05) is 19.1 Å². The summed E-state index contributed by atoms with van der Waals surface area (Å²) in [6, 6.07) is 10.5. The Hall–Kier alpha value is -3.88. The monoisotopic (exact) mass is 452 g/mol. The van der Waals surface area contributed by atoms with Crippen molar-refractivity contribution in [3.8, 4) is 5.75 Å². The van der Waals surface area contributed by atoms with E-state index in [1.807, 2.05) is 44.2 Å². The second kappa shape index (κ2) is 7.61. The normalized spacial score (nSPS) is 23.0. The zero-order valence-corrected chi connectivity index (χ0v) is 18.4. The van der Waals surface area contributed by atoms with Crippen molar-refractivity contribution in [3.63, 3.8) is 0 Å². The van der Waals surface area contributed by atoms with Crippen LogP contribution in [0, 0.1) is 6.92 Å². The summed E-state index contributed by atoms with van der Waals surface area (Å²) >= 11 is 0. The Morgan fingerprint density at radius 1 is 1.18 bits per heavy atom. The Morgan fingerprint density at radius 2 is 1.97 bits per heavy atom. The van der Waals surface area contributed by atoms with Crippen LogP contribution < -0.4 is 25.6 Å². The van der Waals surface area contributed by atoms with Gasteiger partial charge >= 0.3 is 6.03 Å². The van der Waals surface area contributed by atoms with Crippen molar-refractivity contribution in [2.45, 2.75) is 44.8 Å². The van der Waals surface area contributed by atoms with Crippen molar-refractivity contribution >= 4 is 35.1 Å². The van der Waals surface area contributed by atoms with Gasteiger partial charge in [0.2, 0.25) is 5.91 Å². The fourth-order valence-corrected chi connectivity index (χ4v) is 4.73. The Balaban J connectivity index is 0.00000171. The van der Waals surface area contributed by atoms with E-state index in [-0.39, 0.29) is 27.1 Å². The highest BCUT2D eigenvalue weighted by Crippen LogP contribution is 2.36. The minimum Gasteiger partial charge on any atom is -0.478 e. The van der Waals surface area contributed by atoms with Crippen molar-refractivity contribution in [2.24, 2.45) is 0 Å². The molecule has 9 heteroatoms. The molecule has 1 saturated heterocycles. The van der Waals surface area contributed by atoms with Crippen LogP contribution in [0.3, 0.4) is 0 Å². The molecule has 2 atom stereocenters. The number of fused-ring (bicyclic) bond motifs is 2. The molecular weight excluding hydrogens is 424 g/mol. The van der Waals surface area contributed by atoms with Gasteiger partial charge in [0, 0.05) is 21.4 Å². The standard InChI is InChI=1S/C24H24N4O5.2H2/c1-3-18-21(30)28(17-8-13(2)4-7-19(17)33-18)12-20(29)25-16-6-5-14-10-24(11-15(14)9-16)22(31)26-23(32)27-24;;/h4-9,18H,3,10-12H2,1-2H3,(H,25,29)(H2,26,27,31,32);2*1H. The summed E-state index contributed by atoms with van der Waals surface area (Å²) in [5.41, 5.74) is 2.99. The van der Waals surface area contributed by atoms with Crippen LogP contribution >= 0.6 is 0 Å². The number of nitrogens with one attached hydrogen (secondary N) is 3. The van der Waals surface area contributed by atoms with E-state index in [9.17, 15) is 19.2 Å². The molecule has 0 saturated carbocycles. The van der Waals surface area contributed by atoms with Crippen LogP contribution in [0.5, 0.6) is 5.75 Å². The van der Waals surface area contributed by atoms with Crippen LogP contribution in [0.1, 0.15) is 32.9 Å². The third-order valence-corrected chi connectivity index (χ3v) is 6.38. The van der Waals surface area contributed by atoms with E-state index in [0.29, 0.717) is 36.4 Å². The zero-order chi connectivity index (χ0) is 23.3. The van der Waals surface area contributed by atoms with Crippen molar-refractivity contribution in [1.82, 2.24) is 10.6 Å². The third-order valence-electron chi connectivity index (χ3n) is 6.38. The molecule has 5 rings (SSSR count). The molecule has 2 unspecified atom stereocenters. The number of ether oxygens (including phenoxy) is 1. The number of urea groups is 1. The Labute approximate surface area is 193 Å². The lowest BCUT2D eigenvalue weighted by Crippen LogP contribution is -2.48. The van der Waals surface area contributed by atoms with Crippen molar-refractivity contribution < 1.29 is 26.8 Å². The van der Waals surface area contributed by atoms with Gasteiger partial charge in [-0.15, -0.1) is 0 Å². The van der Waals surface area contributed by atoms with E-state index in [2.05, 4.69) is 16.0 Å². The molecule has 9 nitrogen and oxygen atoms in total. The van der Waals surface area contributed by atoms with E-state index >= 15 is 0 Å². The van der Waals surface area contributed by atoms with Crippen LogP contribution in [-0.4, -0.2) is 41.9 Å². The number of aryl methyl sites for hydroxylation is 1. The number of carbonyl (C=O) groups excluding carboxylic acids is 4. The van der Waals surface area contributed by atoms with Gasteiger partial charge in [-0.25, -0.2) is 4.79 Å². The maximum absolute atomic E-state index is 12.9. The maximum atomic E-state index is 12.9. The fourth-order valence-electron chi connectivity index (χ4n) is 4.73. The van der Waals surface area contributed by atoms with Gasteiger partial charge in [0.15, 0.2) is 6.10 Å². The summed E-state index contributed by atoms with van der Waals surface area (Å²) in [4.78, 5) is 51.1. The van der Waals surface area contributed by atoms with Gasteiger partial charge in [0.05, 0.1) is 5.69 Å². The van der Waals surface area contributed by atoms with Crippen LogP contribution in [0.25, 0.3) is 0 Å². The summed E-state index contributed by atoms with van der Waals surface area (Å²) in [5.74, 6) is -0.337. The smallest absolute Gasteiger partial charge is 0.322 e. The number of imide groups is 1. The van der Waals surface area contributed by atoms with E-state index < -0.39 is 17.7 Å². The SMILES string of the molecule is CCC1Oc2ccc(C)cc2N(CC(=O)Nc2ccc3c(c2)CC2(C3)NC(=O)NC2=O)C1=O.[HH].[HH]. The van der Waals surface area contributed by atoms with E-state index in [1.165, 1.54) is 4.90 Å². The summed E-state index contributed by atoms with van der Waals surface area (Å²) in [5, 5.41) is 7.88. The maximum Gasteiger partial charge on any atom is 0.322 e. The highest BCUT2D eigenvalue weighted by molar-refractivity contribution is 6.08. The fraction of sp³-hybridized carbons (Fsp3) is 0.333. The van der Waals surface area contributed by atoms with Crippen LogP contribution in [0.15, 0.2) is 36.4 Å². The first-order valence-electron chi connectivity index (χ1n) is 10.9. The Morgan fingerprint density at radius 3 is 2.70 bits per heavy atom. The molecule has 2 aromatic rings. The molecule has 0 aromatic heterocycles. The molecule has 1 spiro atoms. The molecule has 2 heterocycles. The largest absolute Gasteiger partial charge is 0.478 e. The van der Waals surface area contributed by atoms with Crippen LogP contribution in [0.4, 0.5) is 16.2 Å². The third kappa shape index (κ3) is 3.59. The van der Waals surface area contributed by atoms with Crippen molar-refractivity contribution in [1.29, 1.82) is 0 Å². The number of amides is 5. The first-order valence-corrected chi connectivity index (χ1v) is 10.9. The summed E-state index contributed by atoms with van der Waals surface area (Å²) < 4.78 is 5.81. The predicted octanol–water partition coefficient (Wildman–Crippen LogP) is 2.31. The number of benzene rings is 2. The number of anilines is 2. The molecule has 5 amide bonds. The van der Waals surface area contributed by atoms with Gasteiger partial charge < -0.3 is 15.4 Å². The van der Waals surface area contributed by atoms with Crippen LogP contribution in [-0.2, 0) is 27.2 Å². The lowest BCUT2D eigenvalue weighted by atomic mass is 9.96. The second-order valence-electron chi connectivity index (χ2n) is 8.79. The average molecular weight is 453 g/mol. The molecule has 3 N–H and O–H groups in total. The van der Waals surface area contributed by atoms with Gasteiger partial charge in [0.25, 0.3) is 11.8 Å². The topological polar surface area (TPSA) is 117 Å². The van der Waals surface area contributed by atoms with Gasteiger partial charge in [-0.05, 0) is 54.3 Å². The molecule has 2 aliphatic heterocycles.